The van der Waals surface area contributed by atoms with Gasteiger partial charge >= 0.3 is 0 Å². The van der Waals surface area contributed by atoms with E-state index in [-0.39, 0.29) is 11.9 Å². The molecule has 4 nitrogen and oxygen atoms in total. The lowest BCUT2D eigenvalue weighted by Crippen LogP contribution is -2.40. The zero-order valence-electron chi connectivity index (χ0n) is 19.7. The Bertz CT molecular complexity index is 1030. The number of fused-ring (bicyclic) bond motifs is 5. The molecule has 1 aromatic heterocycles. The van der Waals surface area contributed by atoms with E-state index in [1.54, 1.807) is 0 Å². The maximum Gasteiger partial charge on any atom is 0.246 e. The minimum Gasteiger partial charge on any atom is -0.341 e. The van der Waals surface area contributed by atoms with E-state index in [2.05, 4.69) is 59.7 Å². The largest absolute Gasteiger partial charge is 0.341 e. The summed E-state index contributed by atoms with van der Waals surface area (Å²) < 4.78 is 2.21. The molecule has 0 N–H and O–H groups in total. The number of carbonyl (C=O) groups excluding carboxylic acids is 1. The van der Waals surface area contributed by atoms with Crippen molar-refractivity contribution in [1.29, 1.82) is 0 Å². The summed E-state index contributed by atoms with van der Waals surface area (Å²) in [6.45, 7) is 6.20. The number of imidazole rings is 1. The third-order valence-electron chi connectivity index (χ3n) is 6.74. The van der Waals surface area contributed by atoms with Gasteiger partial charge in [-0.3, -0.25) is 4.79 Å². The van der Waals surface area contributed by atoms with Crippen LogP contribution in [0.2, 0.25) is 0 Å². The van der Waals surface area contributed by atoms with Gasteiger partial charge < -0.3 is 9.47 Å². The molecule has 32 heavy (non-hydrogen) atoms. The van der Waals surface area contributed by atoms with Gasteiger partial charge in [0.2, 0.25) is 5.91 Å². The summed E-state index contributed by atoms with van der Waals surface area (Å²) in [6, 6.07) is 16.5. The molecule has 0 bridgehead atoms. The van der Waals surface area contributed by atoms with Gasteiger partial charge in [-0.2, -0.15) is 0 Å². The van der Waals surface area contributed by atoms with Crippen LogP contribution in [0.5, 0.6) is 0 Å². The Morgan fingerprint density at radius 3 is 2.28 bits per heavy atom. The summed E-state index contributed by atoms with van der Waals surface area (Å²) in [5.41, 5.74) is 4.41. The summed E-state index contributed by atoms with van der Waals surface area (Å²) in [4.78, 5) is 21.1. The van der Waals surface area contributed by atoms with Crippen LogP contribution >= 0.6 is 0 Å². The smallest absolute Gasteiger partial charge is 0.246 e. The molecule has 0 radical (unpaired) electrons. The number of rotatable bonds is 11. The highest BCUT2D eigenvalue weighted by Gasteiger charge is 2.34. The summed E-state index contributed by atoms with van der Waals surface area (Å²) in [5.74, 6) is 1.19. The quantitative estimate of drug-likeness (QED) is 0.313. The van der Waals surface area contributed by atoms with Gasteiger partial charge in [0.1, 0.15) is 11.9 Å². The predicted molar refractivity (Wildman–Crippen MR) is 133 cm³/mol. The fourth-order valence-corrected chi connectivity index (χ4v) is 4.97. The third kappa shape index (κ3) is 4.74. The molecule has 1 atom stereocenters. The Morgan fingerprint density at radius 1 is 0.906 bits per heavy atom. The second kappa shape index (κ2) is 10.8. The van der Waals surface area contributed by atoms with Crippen LogP contribution in [0, 0.1) is 0 Å². The first-order valence-electron chi connectivity index (χ1n) is 12.6. The van der Waals surface area contributed by atoms with Crippen molar-refractivity contribution >= 4 is 16.9 Å². The molecule has 1 unspecified atom stereocenters. The minimum absolute atomic E-state index is 0.218. The van der Waals surface area contributed by atoms with Gasteiger partial charge in [0.15, 0.2) is 0 Å². The molecule has 0 aliphatic carbocycles. The Balaban J connectivity index is 1.65. The fraction of sp³-hybridized carbons (Fsp3) is 0.500. The van der Waals surface area contributed by atoms with E-state index in [1.807, 2.05) is 12.1 Å². The molecule has 0 saturated heterocycles. The summed E-state index contributed by atoms with van der Waals surface area (Å²) in [7, 11) is 0. The average Bonchev–Trinajstić information content (AvgIpc) is 3.22. The van der Waals surface area contributed by atoms with Crippen molar-refractivity contribution < 1.29 is 4.79 Å². The average molecular weight is 432 g/mol. The molecular weight excluding hydrogens is 394 g/mol. The molecule has 4 rings (SSSR count). The fourth-order valence-electron chi connectivity index (χ4n) is 4.97. The highest BCUT2D eigenvalue weighted by Crippen LogP contribution is 2.38. The molecule has 0 saturated carbocycles. The molecule has 4 heteroatoms. The summed E-state index contributed by atoms with van der Waals surface area (Å²) in [6.07, 6.45) is 10.2. The zero-order chi connectivity index (χ0) is 22.3. The Morgan fingerprint density at radius 2 is 1.56 bits per heavy atom. The minimum atomic E-state index is -0.218. The molecule has 0 spiro atoms. The number of hydrogen-bond acceptors (Lipinski definition) is 2. The van der Waals surface area contributed by atoms with Crippen LogP contribution in [0.1, 0.15) is 76.8 Å². The molecule has 2 heterocycles. The first-order valence-corrected chi connectivity index (χ1v) is 12.6. The van der Waals surface area contributed by atoms with Crippen molar-refractivity contribution in [2.24, 2.45) is 0 Å². The number of benzene rings is 2. The van der Waals surface area contributed by atoms with Crippen molar-refractivity contribution in [3.05, 3.63) is 54.1 Å². The van der Waals surface area contributed by atoms with Crippen LogP contribution in [0.3, 0.4) is 0 Å². The van der Waals surface area contributed by atoms with E-state index in [4.69, 9.17) is 4.98 Å². The standard InChI is InChI=1S/C28H37N3O/c1-3-5-7-13-19-30(20-14-8-6-4-2)28(32)26-21-22-15-9-10-16-23(22)27-29-24-17-11-12-18-25(24)31(26)27/h9-12,15-18,26H,3-8,13-14,19-21H2,1-2H3. The maximum absolute atomic E-state index is 14.0. The summed E-state index contributed by atoms with van der Waals surface area (Å²) >= 11 is 0. The second-order valence-corrected chi connectivity index (χ2v) is 9.12. The molecule has 2 aromatic carbocycles. The van der Waals surface area contributed by atoms with Crippen molar-refractivity contribution in [3.63, 3.8) is 0 Å². The molecule has 1 aliphatic rings. The molecule has 1 amide bonds. The molecule has 3 aromatic rings. The van der Waals surface area contributed by atoms with Gasteiger partial charge in [0.05, 0.1) is 11.0 Å². The van der Waals surface area contributed by atoms with Gasteiger partial charge in [-0.25, -0.2) is 4.98 Å². The van der Waals surface area contributed by atoms with Gasteiger partial charge in [-0.15, -0.1) is 0 Å². The van der Waals surface area contributed by atoms with E-state index in [0.717, 1.165) is 54.8 Å². The van der Waals surface area contributed by atoms with Crippen LogP contribution in [0.15, 0.2) is 48.5 Å². The number of hydrogen-bond donors (Lipinski definition) is 0. The van der Waals surface area contributed by atoms with Gasteiger partial charge in [0.25, 0.3) is 0 Å². The van der Waals surface area contributed by atoms with Crippen molar-refractivity contribution in [2.45, 2.75) is 77.7 Å². The number of para-hydroxylation sites is 2. The van der Waals surface area contributed by atoms with E-state index >= 15 is 0 Å². The number of carbonyl (C=O) groups is 1. The Labute approximate surface area is 192 Å². The van der Waals surface area contributed by atoms with Gasteiger partial charge in [-0.05, 0) is 30.5 Å². The van der Waals surface area contributed by atoms with Crippen LogP contribution in [0.4, 0.5) is 0 Å². The molecular formula is C28H37N3O. The first kappa shape index (κ1) is 22.6. The van der Waals surface area contributed by atoms with E-state index < -0.39 is 0 Å². The first-order chi connectivity index (χ1) is 15.7. The van der Waals surface area contributed by atoms with Crippen molar-refractivity contribution in [1.82, 2.24) is 14.5 Å². The topological polar surface area (TPSA) is 38.1 Å². The van der Waals surface area contributed by atoms with Crippen LogP contribution in [-0.4, -0.2) is 33.4 Å². The predicted octanol–water partition coefficient (Wildman–Crippen LogP) is 6.79. The molecule has 0 fully saturated rings. The number of amides is 1. The second-order valence-electron chi connectivity index (χ2n) is 9.12. The number of unbranched alkanes of at least 4 members (excludes halogenated alkanes) is 6. The van der Waals surface area contributed by atoms with E-state index in [0.29, 0.717) is 0 Å². The van der Waals surface area contributed by atoms with Gasteiger partial charge in [-0.1, -0.05) is 88.8 Å². The third-order valence-corrected chi connectivity index (χ3v) is 6.74. The molecule has 1 aliphatic heterocycles. The molecule has 170 valence electrons. The Hall–Kier alpha value is -2.62. The highest BCUT2D eigenvalue weighted by atomic mass is 16.2. The maximum atomic E-state index is 14.0. The number of aromatic nitrogens is 2. The van der Waals surface area contributed by atoms with Crippen molar-refractivity contribution in [3.8, 4) is 11.4 Å². The van der Waals surface area contributed by atoms with E-state index in [1.165, 1.54) is 44.1 Å². The lowest BCUT2D eigenvalue weighted by Gasteiger charge is -2.32. The van der Waals surface area contributed by atoms with Crippen molar-refractivity contribution in [2.75, 3.05) is 13.1 Å². The monoisotopic (exact) mass is 431 g/mol. The normalized spacial score (nSPS) is 14.9. The lowest BCUT2D eigenvalue weighted by molar-refractivity contribution is -0.135. The van der Waals surface area contributed by atoms with Crippen LogP contribution in [0.25, 0.3) is 22.4 Å². The zero-order valence-corrected chi connectivity index (χ0v) is 19.7. The lowest BCUT2D eigenvalue weighted by atomic mass is 9.94. The number of nitrogens with zero attached hydrogens (tertiary/aromatic N) is 3. The van der Waals surface area contributed by atoms with Crippen LogP contribution in [-0.2, 0) is 11.2 Å². The summed E-state index contributed by atoms with van der Waals surface area (Å²) in [5, 5.41) is 0. The van der Waals surface area contributed by atoms with E-state index in [9.17, 15) is 4.79 Å². The highest BCUT2D eigenvalue weighted by molar-refractivity contribution is 5.89. The van der Waals surface area contributed by atoms with Crippen LogP contribution < -0.4 is 0 Å². The SMILES string of the molecule is CCCCCCN(CCCCCC)C(=O)C1Cc2ccccc2-c2nc3ccccc3n21. The Kier molecular flexibility index (Phi) is 7.62. The van der Waals surface area contributed by atoms with Gasteiger partial charge in [0, 0.05) is 25.1 Å².